The molecule has 0 unspecified atom stereocenters. The van der Waals surface area contributed by atoms with Crippen LogP contribution in [0.3, 0.4) is 0 Å². The minimum atomic E-state index is -4.68. The summed E-state index contributed by atoms with van der Waals surface area (Å²) < 4.78 is 38.8. The van der Waals surface area contributed by atoms with Crippen molar-refractivity contribution in [1.29, 1.82) is 0 Å². The molecule has 2 aliphatic rings. The first-order valence-electron chi connectivity index (χ1n) is 8.70. The Kier molecular flexibility index (Phi) is 4.20. The maximum absolute atomic E-state index is 12.9. The monoisotopic (exact) mass is 391 g/mol. The maximum Gasteiger partial charge on any atom is 0.421 e. The van der Waals surface area contributed by atoms with Crippen LogP contribution >= 0.6 is 0 Å². The molecule has 2 amide bonds. The molecule has 10 heteroatoms. The van der Waals surface area contributed by atoms with Gasteiger partial charge in [0.1, 0.15) is 11.4 Å². The van der Waals surface area contributed by atoms with E-state index in [2.05, 4.69) is 15.3 Å². The first-order valence-corrected chi connectivity index (χ1v) is 8.70. The van der Waals surface area contributed by atoms with Crippen LogP contribution in [0.25, 0.3) is 0 Å². The number of aromatic nitrogens is 2. The van der Waals surface area contributed by atoms with Gasteiger partial charge in [0.25, 0.3) is 0 Å². The third-order valence-corrected chi connectivity index (χ3v) is 4.70. The Balaban J connectivity index is 1.76. The summed E-state index contributed by atoms with van der Waals surface area (Å²) in [5, 5.41) is 2.74. The van der Waals surface area contributed by atoms with Gasteiger partial charge in [-0.05, 0) is 43.0 Å². The number of hydrogen-bond acceptors (Lipinski definition) is 5. The number of halogens is 3. The van der Waals surface area contributed by atoms with Crippen molar-refractivity contribution in [3.63, 3.8) is 0 Å². The van der Waals surface area contributed by atoms with Crippen molar-refractivity contribution in [2.45, 2.75) is 31.9 Å². The predicted octanol–water partition coefficient (Wildman–Crippen LogP) is 3.04. The average molecular weight is 391 g/mol. The summed E-state index contributed by atoms with van der Waals surface area (Å²) in [4.78, 5) is 33.1. The van der Waals surface area contributed by atoms with Crippen LogP contribution in [0.1, 0.15) is 30.4 Å². The van der Waals surface area contributed by atoms with Crippen molar-refractivity contribution in [2.75, 3.05) is 16.0 Å². The summed E-state index contributed by atoms with van der Waals surface area (Å²) in [7, 11) is 0. The van der Waals surface area contributed by atoms with Crippen LogP contribution in [0, 0.1) is 5.92 Å². The number of benzene rings is 1. The van der Waals surface area contributed by atoms with E-state index in [4.69, 9.17) is 5.73 Å². The number of amides is 2. The van der Waals surface area contributed by atoms with Gasteiger partial charge in [0.2, 0.25) is 17.8 Å². The van der Waals surface area contributed by atoms with Crippen molar-refractivity contribution in [3.05, 3.63) is 35.5 Å². The normalized spacial score (nSPS) is 16.3. The van der Waals surface area contributed by atoms with Crippen LogP contribution in [0.4, 0.5) is 36.3 Å². The number of hydrogen-bond donors (Lipinski definition) is 2. The van der Waals surface area contributed by atoms with Gasteiger partial charge in [-0.25, -0.2) is 9.88 Å². The minimum Gasteiger partial charge on any atom is -0.383 e. The van der Waals surface area contributed by atoms with Gasteiger partial charge in [0, 0.05) is 24.2 Å². The summed E-state index contributed by atoms with van der Waals surface area (Å²) in [6.45, 7) is 0. The molecule has 0 bridgehead atoms. The van der Waals surface area contributed by atoms with Crippen molar-refractivity contribution < 1.29 is 22.8 Å². The number of aryl methyl sites for hydroxylation is 1. The molecule has 146 valence electrons. The quantitative estimate of drug-likeness (QED) is 0.838. The van der Waals surface area contributed by atoms with E-state index < -0.39 is 17.6 Å². The highest BCUT2D eigenvalue weighted by atomic mass is 19.4. The zero-order valence-corrected chi connectivity index (χ0v) is 14.6. The summed E-state index contributed by atoms with van der Waals surface area (Å²) in [5.41, 5.74) is 6.23. The molecule has 3 N–H and O–H groups in total. The van der Waals surface area contributed by atoms with Crippen LogP contribution in [0.5, 0.6) is 0 Å². The minimum absolute atomic E-state index is 0.0926. The van der Waals surface area contributed by atoms with E-state index in [1.807, 2.05) is 0 Å². The van der Waals surface area contributed by atoms with Gasteiger partial charge in [-0.2, -0.15) is 18.2 Å². The summed E-state index contributed by atoms with van der Waals surface area (Å²) >= 11 is 0. The van der Waals surface area contributed by atoms with Crippen molar-refractivity contribution in [3.8, 4) is 0 Å². The smallest absolute Gasteiger partial charge is 0.383 e. The van der Waals surface area contributed by atoms with Crippen LogP contribution in [-0.2, 0) is 22.2 Å². The number of anilines is 4. The van der Waals surface area contributed by atoms with Gasteiger partial charge in [0.15, 0.2) is 0 Å². The first-order chi connectivity index (χ1) is 13.2. The van der Waals surface area contributed by atoms with Gasteiger partial charge in [-0.3, -0.25) is 9.59 Å². The topological polar surface area (TPSA) is 101 Å². The summed E-state index contributed by atoms with van der Waals surface area (Å²) in [6.07, 6.45) is -1.88. The van der Waals surface area contributed by atoms with E-state index in [0.29, 0.717) is 43.3 Å². The Hall–Kier alpha value is -3.17. The van der Waals surface area contributed by atoms with E-state index in [0.717, 1.165) is 5.56 Å². The molecule has 7 nitrogen and oxygen atoms in total. The van der Waals surface area contributed by atoms with Crippen molar-refractivity contribution in [1.82, 2.24) is 9.97 Å². The Morgan fingerprint density at radius 1 is 1.25 bits per heavy atom. The Morgan fingerprint density at radius 3 is 2.64 bits per heavy atom. The predicted molar refractivity (Wildman–Crippen MR) is 94.7 cm³/mol. The number of nitrogens with two attached hydrogens (primary N) is 1. The zero-order valence-electron chi connectivity index (χ0n) is 14.6. The second-order valence-electron chi connectivity index (χ2n) is 6.80. The molecule has 2 aromatic rings. The molecule has 1 aliphatic heterocycles. The summed E-state index contributed by atoms with van der Waals surface area (Å²) in [5.74, 6) is -1.55. The Labute approximate surface area is 157 Å². The molecular weight excluding hydrogens is 375 g/mol. The third-order valence-electron chi connectivity index (χ3n) is 4.70. The average Bonchev–Trinajstić information content (AvgIpc) is 3.46. The molecule has 0 atom stereocenters. The molecule has 1 aliphatic carbocycles. The van der Waals surface area contributed by atoms with E-state index in [1.54, 1.807) is 18.2 Å². The summed E-state index contributed by atoms with van der Waals surface area (Å²) in [6, 6.07) is 4.97. The lowest BCUT2D eigenvalue weighted by molar-refractivity contribution is -0.137. The standard InChI is InChI=1S/C18H16F3N5O2/c19-18(20,21)12-8-23-17(25-15(12)22)26(16(28)9-1-2-9)11-4-5-13-10(7-11)3-6-14(27)24-13/h4-5,7-9H,1-3,6H2,(H,24,27)(H2,22,23,25). The fraction of sp³-hybridized carbons (Fsp3) is 0.333. The highest BCUT2D eigenvalue weighted by molar-refractivity contribution is 6.02. The van der Waals surface area contributed by atoms with Gasteiger partial charge in [-0.1, -0.05) is 0 Å². The Bertz CT molecular complexity index is 972. The highest BCUT2D eigenvalue weighted by Crippen LogP contribution is 2.38. The van der Waals surface area contributed by atoms with Gasteiger partial charge < -0.3 is 11.1 Å². The first kappa shape index (κ1) is 18.2. The number of fused-ring (bicyclic) bond motifs is 1. The molecule has 1 saturated carbocycles. The molecular formula is C18H16F3N5O2. The molecule has 4 rings (SSSR count). The lowest BCUT2D eigenvalue weighted by atomic mass is 10.0. The number of carbonyl (C=O) groups excluding carboxylic acids is 2. The lowest BCUT2D eigenvalue weighted by Gasteiger charge is -2.24. The maximum atomic E-state index is 12.9. The fourth-order valence-corrected chi connectivity index (χ4v) is 3.07. The molecule has 1 aromatic carbocycles. The van der Waals surface area contributed by atoms with Crippen LogP contribution in [-0.4, -0.2) is 21.8 Å². The third kappa shape index (κ3) is 3.37. The van der Waals surface area contributed by atoms with Gasteiger partial charge >= 0.3 is 6.18 Å². The molecule has 2 heterocycles. The van der Waals surface area contributed by atoms with Crippen LogP contribution < -0.4 is 16.0 Å². The molecule has 0 radical (unpaired) electrons. The number of carbonyl (C=O) groups is 2. The number of nitrogen functional groups attached to an aromatic ring is 1. The van der Waals surface area contributed by atoms with E-state index >= 15 is 0 Å². The Morgan fingerprint density at radius 2 is 2.00 bits per heavy atom. The number of rotatable bonds is 3. The second-order valence-corrected chi connectivity index (χ2v) is 6.80. The van der Waals surface area contributed by atoms with E-state index in [1.165, 1.54) is 4.90 Å². The molecule has 1 fully saturated rings. The van der Waals surface area contributed by atoms with Crippen LogP contribution in [0.2, 0.25) is 0 Å². The van der Waals surface area contributed by atoms with Gasteiger partial charge in [0.05, 0.1) is 5.69 Å². The lowest BCUT2D eigenvalue weighted by Crippen LogP contribution is -2.30. The second kappa shape index (κ2) is 6.47. The van der Waals surface area contributed by atoms with Crippen molar-refractivity contribution >= 4 is 35.0 Å². The highest BCUT2D eigenvalue weighted by Gasteiger charge is 2.38. The molecule has 1 aromatic heterocycles. The number of nitrogens with one attached hydrogen (secondary N) is 1. The molecule has 0 saturated heterocycles. The van der Waals surface area contributed by atoms with E-state index in [9.17, 15) is 22.8 Å². The zero-order chi connectivity index (χ0) is 20.1. The number of alkyl halides is 3. The number of nitrogens with zero attached hydrogens (tertiary/aromatic N) is 3. The van der Waals surface area contributed by atoms with Crippen LogP contribution in [0.15, 0.2) is 24.4 Å². The largest absolute Gasteiger partial charge is 0.421 e. The van der Waals surface area contributed by atoms with Gasteiger partial charge in [-0.15, -0.1) is 0 Å². The van der Waals surface area contributed by atoms with Crippen molar-refractivity contribution in [2.24, 2.45) is 5.92 Å². The fourth-order valence-electron chi connectivity index (χ4n) is 3.07. The molecule has 28 heavy (non-hydrogen) atoms. The molecule has 0 spiro atoms. The SMILES string of the molecule is Nc1nc(N(C(=O)C2CC2)c2ccc3c(c2)CCC(=O)N3)ncc1C(F)(F)F. The van der Waals surface area contributed by atoms with E-state index in [-0.39, 0.29) is 23.7 Å².